The van der Waals surface area contributed by atoms with Crippen LogP contribution in [0.4, 0.5) is 0 Å². The van der Waals surface area contributed by atoms with Crippen LogP contribution in [0.1, 0.15) is 17.5 Å². The number of para-hydroxylation sites is 2. The van der Waals surface area contributed by atoms with Crippen molar-refractivity contribution in [3.05, 3.63) is 41.5 Å². The van der Waals surface area contributed by atoms with Crippen molar-refractivity contribution in [1.82, 2.24) is 9.38 Å². The molecular weight excluding hydrogens is 310 g/mol. The molecule has 3 heterocycles. The molecule has 1 aliphatic heterocycles. The molecule has 114 valence electrons. The van der Waals surface area contributed by atoms with Gasteiger partial charge in [-0.05, 0) is 30.7 Å². The Morgan fingerprint density at radius 3 is 3.00 bits per heavy atom. The zero-order chi connectivity index (χ0) is 16.0. The van der Waals surface area contributed by atoms with E-state index in [0.29, 0.717) is 24.2 Å². The molecule has 0 spiro atoms. The van der Waals surface area contributed by atoms with Gasteiger partial charge in [0.1, 0.15) is 11.3 Å². The lowest BCUT2D eigenvalue weighted by Gasteiger charge is -2.11. The second kappa shape index (κ2) is 5.28. The molecule has 0 unspecified atom stereocenters. The maximum absolute atomic E-state index is 11.8. The van der Waals surface area contributed by atoms with E-state index < -0.39 is 0 Å². The number of nitrogens with zero attached hydrogens (tertiary/aromatic N) is 3. The number of carbonyl (C=O) groups excluding carboxylic acids is 1. The summed E-state index contributed by atoms with van der Waals surface area (Å²) in [5.41, 5.74) is 3.85. The molecule has 1 atom stereocenters. The summed E-state index contributed by atoms with van der Waals surface area (Å²) >= 11 is 1.48. The molecule has 5 nitrogen and oxygen atoms in total. The van der Waals surface area contributed by atoms with Gasteiger partial charge < -0.3 is 4.74 Å². The van der Waals surface area contributed by atoms with E-state index in [-0.39, 0.29) is 11.2 Å². The molecule has 1 aromatic carbocycles. The van der Waals surface area contributed by atoms with Crippen molar-refractivity contribution in [1.29, 1.82) is 5.26 Å². The third kappa shape index (κ3) is 2.16. The van der Waals surface area contributed by atoms with Crippen molar-refractivity contribution in [2.75, 3.05) is 6.61 Å². The van der Waals surface area contributed by atoms with E-state index >= 15 is 0 Å². The van der Waals surface area contributed by atoms with Crippen LogP contribution in [0.5, 0.6) is 0 Å². The molecule has 6 heteroatoms. The molecule has 2 aromatic heterocycles. The fourth-order valence-corrected chi connectivity index (χ4v) is 4.08. The first kappa shape index (κ1) is 14.1. The molecule has 0 aliphatic carbocycles. The van der Waals surface area contributed by atoms with Gasteiger partial charge in [0.15, 0.2) is 5.65 Å². The van der Waals surface area contributed by atoms with Gasteiger partial charge in [0.2, 0.25) is 0 Å². The van der Waals surface area contributed by atoms with E-state index in [1.165, 1.54) is 11.8 Å². The molecular formula is C17H13N3O2S. The molecule has 1 saturated heterocycles. The van der Waals surface area contributed by atoms with Gasteiger partial charge in [-0.2, -0.15) is 5.26 Å². The number of aryl methyl sites for hydroxylation is 1. The normalized spacial score (nSPS) is 17.6. The van der Waals surface area contributed by atoms with Crippen LogP contribution in [0.3, 0.4) is 0 Å². The molecule has 0 amide bonds. The smallest absolute Gasteiger partial charge is 0.319 e. The summed E-state index contributed by atoms with van der Waals surface area (Å²) in [6.07, 6.45) is 0.705. The van der Waals surface area contributed by atoms with Crippen molar-refractivity contribution in [3.8, 4) is 6.07 Å². The van der Waals surface area contributed by atoms with E-state index in [0.717, 1.165) is 21.6 Å². The maximum atomic E-state index is 11.8. The van der Waals surface area contributed by atoms with Gasteiger partial charge in [-0.25, -0.2) is 4.98 Å². The Morgan fingerprint density at radius 1 is 1.43 bits per heavy atom. The number of imidazole rings is 1. The highest BCUT2D eigenvalue weighted by Gasteiger charge is 2.29. The third-order valence-corrected chi connectivity index (χ3v) is 5.26. The van der Waals surface area contributed by atoms with Crippen LogP contribution in [0.15, 0.2) is 35.4 Å². The van der Waals surface area contributed by atoms with Gasteiger partial charge in [0.25, 0.3) is 0 Å². The Hall–Kier alpha value is -2.52. The lowest BCUT2D eigenvalue weighted by molar-refractivity contribution is -0.137. The molecule has 4 rings (SSSR count). The predicted molar refractivity (Wildman–Crippen MR) is 87.4 cm³/mol. The highest BCUT2D eigenvalue weighted by molar-refractivity contribution is 8.00. The number of pyridine rings is 1. The topological polar surface area (TPSA) is 67.4 Å². The van der Waals surface area contributed by atoms with Gasteiger partial charge in [-0.15, -0.1) is 0 Å². The number of ether oxygens (including phenoxy) is 1. The van der Waals surface area contributed by atoms with Crippen molar-refractivity contribution in [3.63, 3.8) is 0 Å². The van der Waals surface area contributed by atoms with Crippen LogP contribution in [0, 0.1) is 18.3 Å². The highest BCUT2D eigenvalue weighted by Crippen LogP contribution is 2.34. The van der Waals surface area contributed by atoms with Crippen molar-refractivity contribution >= 4 is 34.4 Å². The van der Waals surface area contributed by atoms with Crippen molar-refractivity contribution < 1.29 is 9.53 Å². The third-order valence-electron chi connectivity index (χ3n) is 4.00. The molecule has 1 aliphatic rings. The summed E-state index contributed by atoms with van der Waals surface area (Å²) in [5.74, 6) is -0.172. The number of cyclic esters (lactones) is 1. The number of rotatable bonds is 2. The molecule has 0 radical (unpaired) electrons. The first-order valence-corrected chi connectivity index (χ1v) is 8.21. The summed E-state index contributed by atoms with van der Waals surface area (Å²) in [6.45, 7) is 2.37. The zero-order valence-corrected chi connectivity index (χ0v) is 13.3. The van der Waals surface area contributed by atoms with Gasteiger partial charge in [0, 0.05) is 6.42 Å². The Labute approximate surface area is 136 Å². The highest BCUT2D eigenvalue weighted by atomic mass is 32.2. The first-order valence-electron chi connectivity index (χ1n) is 7.33. The lowest BCUT2D eigenvalue weighted by Crippen LogP contribution is -2.10. The van der Waals surface area contributed by atoms with Crippen LogP contribution >= 0.6 is 11.8 Å². The number of hydrogen-bond donors (Lipinski definition) is 0. The fraction of sp³-hybridized carbons (Fsp3) is 0.235. The lowest BCUT2D eigenvalue weighted by atomic mass is 10.2. The van der Waals surface area contributed by atoms with Crippen LogP contribution < -0.4 is 0 Å². The second-order valence-corrected chi connectivity index (χ2v) is 6.70. The van der Waals surface area contributed by atoms with Gasteiger partial charge >= 0.3 is 5.97 Å². The number of thioether (sulfide) groups is 1. The predicted octanol–water partition coefficient (Wildman–Crippen LogP) is 3.08. The zero-order valence-electron chi connectivity index (χ0n) is 12.4. The SMILES string of the molecule is Cc1cc(S[C@@H]2CCOC2=O)n2c(nc3ccccc32)c1C#N. The number of fused-ring (bicyclic) bond motifs is 3. The number of hydrogen-bond acceptors (Lipinski definition) is 5. The Balaban J connectivity index is 1.99. The molecule has 23 heavy (non-hydrogen) atoms. The minimum atomic E-state index is -0.202. The second-order valence-electron chi connectivity index (χ2n) is 5.47. The summed E-state index contributed by atoms with van der Waals surface area (Å²) in [4.78, 5) is 16.4. The minimum Gasteiger partial charge on any atom is -0.465 e. The first-order chi connectivity index (χ1) is 11.2. The van der Waals surface area contributed by atoms with E-state index in [1.54, 1.807) is 0 Å². The summed E-state index contributed by atoms with van der Waals surface area (Å²) in [5, 5.41) is 10.2. The van der Waals surface area contributed by atoms with Crippen molar-refractivity contribution in [2.24, 2.45) is 0 Å². The van der Waals surface area contributed by atoms with E-state index in [2.05, 4.69) is 11.1 Å². The summed E-state index contributed by atoms with van der Waals surface area (Å²) in [7, 11) is 0. The standard InChI is InChI=1S/C17H13N3O2S/c1-10-8-15(23-14-6-7-22-17(14)21)20-13-5-3-2-4-12(13)19-16(20)11(10)9-18/h2-5,8,14H,6-7H2,1H3/t14-/m1/s1. The molecule has 0 bridgehead atoms. The summed E-state index contributed by atoms with van der Waals surface area (Å²) < 4.78 is 7.03. The Kier molecular flexibility index (Phi) is 3.24. The van der Waals surface area contributed by atoms with E-state index in [1.807, 2.05) is 41.7 Å². The van der Waals surface area contributed by atoms with Gasteiger partial charge in [0.05, 0.1) is 28.2 Å². The average Bonchev–Trinajstić information content (AvgIpc) is 3.11. The molecule has 0 N–H and O–H groups in total. The monoisotopic (exact) mass is 323 g/mol. The van der Waals surface area contributed by atoms with E-state index in [9.17, 15) is 10.1 Å². The van der Waals surface area contributed by atoms with Gasteiger partial charge in [-0.1, -0.05) is 23.9 Å². The van der Waals surface area contributed by atoms with Crippen LogP contribution in [-0.4, -0.2) is 27.2 Å². The molecule has 0 saturated carbocycles. The van der Waals surface area contributed by atoms with E-state index in [4.69, 9.17) is 4.74 Å². The number of carbonyl (C=O) groups is 1. The quantitative estimate of drug-likeness (QED) is 0.678. The van der Waals surface area contributed by atoms with Crippen LogP contribution in [0.25, 0.3) is 16.7 Å². The number of benzene rings is 1. The summed E-state index contributed by atoms with van der Waals surface area (Å²) in [6, 6.07) is 12.0. The van der Waals surface area contributed by atoms with Crippen LogP contribution in [-0.2, 0) is 9.53 Å². The maximum Gasteiger partial charge on any atom is 0.319 e. The van der Waals surface area contributed by atoms with Crippen LogP contribution in [0.2, 0.25) is 0 Å². The number of esters is 1. The Bertz CT molecular complexity index is 987. The molecule has 1 fully saturated rings. The Morgan fingerprint density at radius 2 is 2.26 bits per heavy atom. The largest absolute Gasteiger partial charge is 0.465 e. The van der Waals surface area contributed by atoms with Gasteiger partial charge in [-0.3, -0.25) is 9.20 Å². The average molecular weight is 323 g/mol. The fourth-order valence-electron chi connectivity index (χ4n) is 2.87. The number of nitriles is 1. The van der Waals surface area contributed by atoms with Crippen molar-refractivity contribution in [2.45, 2.75) is 23.6 Å². The number of aromatic nitrogens is 2. The molecule has 3 aromatic rings. The minimum absolute atomic E-state index is 0.172.